The Morgan fingerprint density at radius 1 is 1.40 bits per heavy atom. The van der Waals surface area contributed by atoms with Gasteiger partial charge in [-0.05, 0) is 12.8 Å². The first-order chi connectivity index (χ1) is 4.46. The summed E-state index contributed by atoms with van der Waals surface area (Å²) < 4.78 is 0. The van der Waals surface area contributed by atoms with E-state index in [1.54, 1.807) is 19.0 Å². The molecule has 1 amide bonds. The smallest absolute Gasteiger partial charge is 0.225 e. The van der Waals surface area contributed by atoms with Crippen LogP contribution in [0.4, 0.5) is 0 Å². The van der Waals surface area contributed by atoms with Crippen LogP contribution in [0, 0.1) is 18.8 Å². The molecule has 0 saturated carbocycles. The maximum absolute atomic E-state index is 11.1. The van der Waals surface area contributed by atoms with E-state index in [4.69, 9.17) is 0 Å². The first kappa shape index (κ1) is 9.47. The molecule has 1 atom stereocenters. The van der Waals surface area contributed by atoms with Gasteiger partial charge in [0.05, 0.1) is 0 Å². The Morgan fingerprint density at radius 3 is 1.90 bits per heavy atom. The van der Waals surface area contributed by atoms with E-state index in [9.17, 15) is 4.79 Å². The van der Waals surface area contributed by atoms with Gasteiger partial charge in [-0.15, -0.1) is 0 Å². The molecule has 0 spiro atoms. The van der Waals surface area contributed by atoms with E-state index in [1.807, 2.05) is 13.8 Å². The van der Waals surface area contributed by atoms with Crippen molar-refractivity contribution in [2.45, 2.75) is 13.8 Å². The van der Waals surface area contributed by atoms with E-state index < -0.39 is 0 Å². The van der Waals surface area contributed by atoms with Crippen LogP contribution in [0.15, 0.2) is 0 Å². The molecule has 0 aliphatic rings. The van der Waals surface area contributed by atoms with Crippen molar-refractivity contribution in [3.63, 3.8) is 0 Å². The fourth-order valence-electron chi connectivity index (χ4n) is 0.617. The second-order valence-corrected chi connectivity index (χ2v) is 3.08. The number of carbonyl (C=O) groups is 1. The summed E-state index contributed by atoms with van der Waals surface area (Å²) in [6.07, 6.45) is 0. The third kappa shape index (κ3) is 2.38. The minimum absolute atomic E-state index is 0.102. The lowest BCUT2D eigenvalue weighted by Gasteiger charge is -2.19. The Morgan fingerprint density at radius 2 is 1.80 bits per heavy atom. The highest BCUT2D eigenvalue weighted by atomic mass is 16.2. The molecule has 0 fully saturated rings. The van der Waals surface area contributed by atoms with Gasteiger partial charge in [0, 0.05) is 20.0 Å². The maximum Gasteiger partial charge on any atom is 0.225 e. The van der Waals surface area contributed by atoms with Crippen molar-refractivity contribution < 1.29 is 4.79 Å². The van der Waals surface area contributed by atoms with Crippen LogP contribution >= 0.6 is 0 Å². The van der Waals surface area contributed by atoms with Gasteiger partial charge < -0.3 is 4.90 Å². The van der Waals surface area contributed by atoms with Crippen LogP contribution in [-0.2, 0) is 4.79 Å². The van der Waals surface area contributed by atoms with E-state index in [2.05, 4.69) is 6.92 Å². The van der Waals surface area contributed by atoms with Gasteiger partial charge in [-0.1, -0.05) is 13.8 Å². The first-order valence-electron chi connectivity index (χ1n) is 3.51. The van der Waals surface area contributed by atoms with Gasteiger partial charge >= 0.3 is 0 Å². The fraction of sp³-hybridized carbons (Fsp3) is 0.750. The first-order valence-corrected chi connectivity index (χ1v) is 3.51. The molecule has 2 nitrogen and oxygen atoms in total. The molecule has 59 valence electrons. The van der Waals surface area contributed by atoms with E-state index in [1.165, 1.54) is 0 Å². The molecule has 0 heterocycles. The van der Waals surface area contributed by atoms with Crippen molar-refractivity contribution in [2.24, 2.45) is 11.8 Å². The molecule has 0 saturated heterocycles. The third-order valence-corrected chi connectivity index (χ3v) is 1.56. The van der Waals surface area contributed by atoms with E-state index >= 15 is 0 Å². The average Bonchev–Trinajstić information content (AvgIpc) is 1.84. The van der Waals surface area contributed by atoms with Gasteiger partial charge in [0.2, 0.25) is 5.91 Å². The highest BCUT2D eigenvalue weighted by Crippen LogP contribution is 2.10. The quantitative estimate of drug-likeness (QED) is 0.567. The molecular weight excluding hydrogens is 126 g/mol. The average molecular weight is 142 g/mol. The Hall–Kier alpha value is -0.530. The van der Waals surface area contributed by atoms with E-state index in [0.29, 0.717) is 5.92 Å². The van der Waals surface area contributed by atoms with Crippen molar-refractivity contribution in [3.8, 4) is 0 Å². The molecule has 0 aliphatic carbocycles. The summed E-state index contributed by atoms with van der Waals surface area (Å²) in [5.41, 5.74) is 0. The molecule has 0 aromatic carbocycles. The number of carbonyl (C=O) groups excluding carboxylic acids is 1. The Kier molecular flexibility index (Phi) is 3.40. The molecule has 0 N–H and O–H groups in total. The zero-order valence-electron chi connectivity index (χ0n) is 7.22. The summed E-state index contributed by atoms with van der Waals surface area (Å²) >= 11 is 0. The molecule has 0 aliphatic heterocycles. The predicted molar refractivity (Wildman–Crippen MR) is 42.4 cm³/mol. The van der Waals surface area contributed by atoms with Crippen LogP contribution in [0.3, 0.4) is 0 Å². The van der Waals surface area contributed by atoms with Crippen molar-refractivity contribution in [3.05, 3.63) is 6.92 Å². The van der Waals surface area contributed by atoms with E-state index in [0.717, 1.165) is 0 Å². The number of nitrogens with zero attached hydrogens (tertiary/aromatic N) is 1. The van der Waals surface area contributed by atoms with Crippen LogP contribution in [0.2, 0.25) is 0 Å². The highest BCUT2D eigenvalue weighted by Gasteiger charge is 2.17. The molecule has 0 rings (SSSR count). The molecule has 1 unspecified atom stereocenters. The minimum Gasteiger partial charge on any atom is -0.349 e. The third-order valence-electron chi connectivity index (χ3n) is 1.56. The molecule has 2 heteroatoms. The molecule has 1 radical (unpaired) electrons. The van der Waals surface area contributed by atoms with Crippen molar-refractivity contribution in [2.75, 3.05) is 14.1 Å². The lowest BCUT2D eigenvalue weighted by Crippen LogP contribution is -2.30. The fourth-order valence-corrected chi connectivity index (χ4v) is 0.617. The van der Waals surface area contributed by atoms with Gasteiger partial charge in [-0.2, -0.15) is 0 Å². The summed E-state index contributed by atoms with van der Waals surface area (Å²) in [5.74, 6) is 0.333. The molecule has 0 aromatic heterocycles. The van der Waals surface area contributed by atoms with Crippen LogP contribution in [0.5, 0.6) is 0 Å². The second kappa shape index (κ2) is 3.59. The number of hydrogen-bond donors (Lipinski definition) is 0. The van der Waals surface area contributed by atoms with Crippen molar-refractivity contribution in [1.82, 2.24) is 4.90 Å². The van der Waals surface area contributed by atoms with E-state index in [-0.39, 0.29) is 11.8 Å². The molecule has 10 heavy (non-hydrogen) atoms. The summed E-state index contributed by atoms with van der Waals surface area (Å²) in [7, 11) is 3.51. The van der Waals surface area contributed by atoms with Gasteiger partial charge in [0.25, 0.3) is 0 Å². The van der Waals surface area contributed by atoms with Gasteiger partial charge in [0.15, 0.2) is 0 Å². The number of amides is 1. The van der Waals surface area contributed by atoms with Crippen LogP contribution in [0.25, 0.3) is 0 Å². The zero-order chi connectivity index (χ0) is 8.31. The summed E-state index contributed by atoms with van der Waals surface area (Å²) in [5, 5.41) is 0. The normalized spacial score (nSPS) is 13.4. The monoisotopic (exact) mass is 142 g/mol. The van der Waals surface area contributed by atoms with Crippen LogP contribution < -0.4 is 0 Å². The summed E-state index contributed by atoms with van der Waals surface area (Å²) in [6, 6.07) is 0. The van der Waals surface area contributed by atoms with Crippen LogP contribution in [0.1, 0.15) is 13.8 Å². The van der Waals surface area contributed by atoms with Gasteiger partial charge in [0.1, 0.15) is 0 Å². The zero-order valence-corrected chi connectivity index (χ0v) is 7.22. The largest absolute Gasteiger partial charge is 0.349 e. The standard InChI is InChI=1S/C8H16NO/c1-6(2)7(3)8(10)9(4)5/h6-7H,3H2,1-2,4-5H3. The van der Waals surface area contributed by atoms with Crippen LogP contribution in [-0.4, -0.2) is 24.9 Å². The molecule has 0 bridgehead atoms. The lowest BCUT2D eigenvalue weighted by molar-refractivity contribution is -0.132. The van der Waals surface area contributed by atoms with Crippen molar-refractivity contribution in [1.29, 1.82) is 0 Å². The number of hydrogen-bond acceptors (Lipinski definition) is 1. The number of rotatable bonds is 2. The summed E-state index contributed by atoms with van der Waals surface area (Å²) in [4.78, 5) is 12.7. The van der Waals surface area contributed by atoms with Gasteiger partial charge in [-0.3, -0.25) is 4.79 Å². The predicted octanol–water partition coefficient (Wildman–Crippen LogP) is 1.18. The molecule has 0 aromatic rings. The SMILES string of the molecule is [CH2]C(C(=O)N(C)C)C(C)C. The minimum atomic E-state index is -0.102. The lowest BCUT2D eigenvalue weighted by atomic mass is 9.97. The summed E-state index contributed by atoms with van der Waals surface area (Å²) in [6.45, 7) is 7.77. The van der Waals surface area contributed by atoms with Gasteiger partial charge in [-0.25, -0.2) is 0 Å². The Labute approximate surface area is 63.2 Å². The second-order valence-electron chi connectivity index (χ2n) is 3.08. The Balaban J connectivity index is 3.95. The van der Waals surface area contributed by atoms with Crippen molar-refractivity contribution >= 4 is 5.91 Å². The highest BCUT2D eigenvalue weighted by molar-refractivity contribution is 5.79. The molecular formula is C8H16NO. The Bertz CT molecular complexity index is 118. The topological polar surface area (TPSA) is 20.3 Å². The maximum atomic E-state index is 11.1.